The first-order valence-corrected chi connectivity index (χ1v) is 9.04. The number of benzene rings is 1. The van der Waals surface area contributed by atoms with Crippen LogP contribution in [0.3, 0.4) is 0 Å². The molecule has 3 nitrogen and oxygen atoms in total. The molecule has 0 radical (unpaired) electrons. The van der Waals surface area contributed by atoms with Gasteiger partial charge in [-0.25, -0.2) is 8.42 Å². The number of likely N-dealkylation sites (N-methyl/N-ethyl adjacent to an activating group) is 1. The van der Waals surface area contributed by atoms with Crippen LogP contribution in [-0.2, 0) is 9.84 Å². The van der Waals surface area contributed by atoms with E-state index >= 15 is 0 Å². The van der Waals surface area contributed by atoms with Gasteiger partial charge in [0.25, 0.3) is 0 Å². The molecule has 0 heterocycles. The van der Waals surface area contributed by atoms with E-state index in [1.807, 2.05) is 25.2 Å². The lowest BCUT2D eigenvalue weighted by Gasteiger charge is -2.27. The van der Waals surface area contributed by atoms with Crippen molar-refractivity contribution >= 4 is 15.9 Å². The molecule has 0 bridgehead atoms. The van der Waals surface area contributed by atoms with Gasteiger partial charge >= 0.3 is 0 Å². The summed E-state index contributed by atoms with van der Waals surface area (Å²) in [5.41, 5.74) is 1.17. The fourth-order valence-corrected chi connectivity index (χ4v) is 4.47. The SMILES string of the molecule is CN(C/C=C/c1ccccc1)[C@@H]1CCC[C@H]1S(C)(=O)=O. The number of nitrogens with zero attached hydrogens (tertiary/aromatic N) is 1. The van der Waals surface area contributed by atoms with Gasteiger partial charge in [-0.05, 0) is 25.5 Å². The summed E-state index contributed by atoms with van der Waals surface area (Å²) in [6.07, 6.45) is 8.34. The maximum absolute atomic E-state index is 11.8. The lowest BCUT2D eigenvalue weighted by molar-refractivity contribution is 0.272. The third kappa shape index (κ3) is 3.93. The van der Waals surface area contributed by atoms with Crippen LogP contribution in [0, 0.1) is 0 Å². The van der Waals surface area contributed by atoms with Gasteiger partial charge in [0.15, 0.2) is 9.84 Å². The molecule has 1 aliphatic rings. The van der Waals surface area contributed by atoms with Gasteiger partial charge in [-0.2, -0.15) is 0 Å². The fourth-order valence-electron chi connectivity index (χ4n) is 2.96. The van der Waals surface area contributed by atoms with Gasteiger partial charge in [-0.15, -0.1) is 0 Å². The zero-order valence-corrected chi connectivity index (χ0v) is 13.0. The van der Waals surface area contributed by atoms with Gasteiger partial charge in [0.1, 0.15) is 0 Å². The fraction of sp³-hybridized carbons (Fsp3) is 0.500. The molecule has 0 amide bonds. The molecule has 0 spiro atoms. The van der Waals surface area contributed by atoms with Crippen LogP contribution in [0.5, 0.6) is 0 Å². The average Bonchev–Trinajstić information content (AvgIpc) is 2.89. The highest BCUT2D eigenvalue weighted by Gasteiger charge is 2.36. The Morgan fingerprint density at radius 3 is 2.60 bits per heavy atom. The van der Waals surface area contributed by atoms with Gasteiger partial charge in [0.05, 0.1) is 5.25 Å². The Kier molecular flexibility index (Phi) is 5.00. The third-order valence-corrected chi connectivity index (χ3v) is 5.69. The summed E-state index contributed by atoms with van der Waals surface area (Å²) >= 11 is 0. The summed E-state index contributed by atoms with van der Waals surface area (Å²) in [7, 11) is -0.922. The van der Waals surface area contributed by atoms with Crippen LogP contribution >= 0.6 is 0 Å². The molecule has 0 aromatic heterocycles. The van der Waals surface area contributed by atoms with E-state index in [0.717, 1.165) is 25.8 Å². The highest BCUT2D eigenvalue weighted by molar-refractivity contribution is 7.91. The van der Waals surface area contributed by atoms with Crippen molar-refractivity contribution in [3.63, 3.8) is 0 Å². The normalized spacial score (nSPS) is 23.8. The minimum absolute atomic E-state index is 0.158. The molecule has 2 atom stereocenters. The Morgan fingerprint density at radius 1 is 1.25 bits per heavy atom. The molecule has 1 saturated carbocycles. The summed E-state index contributed by atoms with van der Waals surface area (Å²) in [4.78, 5) is 2.16. The van der Waals surface area contributed by atoms with Crippen molar-refractivity contribution in [1.82, 2.24) is 4.90 Å². The summed E-state index contributed by atoms with van der Waals surface area (Å²) in [5.74, 6) is 0. The molecule has 0 aliphatic heterocycles. The average molecular weight is 293 g/mol. The minimum atomic E-state index is -2.94. The number of rotatable bonds is 5. The maximum Gasteiger partial charge on any atom is 0.151 e. The van der Waals surface area contributed by atoms with E-state index in [4.69, 9.17) is 0 Å². The highest BCUT2D eigenvalue weighted by atomic mass is 32.2. The zero-order chi connectivity index (χ0) is 14.6. The summed E-state index contributed by atoms with van der Waals surface area (Å²) in [6, 6.07) is 10.3. The van der Waals surface area contributed by atoms with Crippen molar-refractivity contribution in [3.8, 4) is 0 Å². The molecule has 2 rings (SSSR count). The van der Waals surface area contributed by atoms with Crippen LogP contribution in [0.25, 0.3) is 6.08 Å². The zero-order valence-electron chi connectivity index (χ0n) is 12.2. The molecule has 1 fully saturated rings. The van der Waals surface area contributed by atoms with Crippen molar-refractivity contribution in [2.24, 2.45) is 0 Å². The molecule has 1 aromatic rings. The lowest BCUT2D eigenvalue weighted by atomic mass is 10.2. The van der Waals surface area contributed by atoms with Crippen LogP contribution in [0.1, 0.15) is 24.8 Å². The Labute approximate surface area is 122 Å². The first kappa shape index (κ1) is 15.3. The molecule has 1 aromatic carbocycles. The van der Waals surface area contributed by atoms with Crippen LogP contribution in [-0.4, -0.2) is 44.5 Å². The molecule has 110 valence electrons. The summed E-state index contributed by atoms with van der Waals surface area (Å²) in [6.45, 7) is 0.783. The smallest absolute Gasteiger partial charge is 0.151 e. The van der Waals surface area contributed by atoms with Crippen LogP contribution in [0.4, 0.5) is 0 Å². The van der Waals surface area contributed by atoms with Gasteiger partial charge in [0.2, 0.25) is 0 Å². The molecule has 20 heavy (non-hydrogen) atoms. The van der Waals surface area contributed by atoms with E-state index in [-0.39, 0.29) is 11.3 Å². The quantitative estimate of drug-likeness (QED) is 0.837. The second-order valence-electron chi connectivity index (χ2n) is 5.62. The molecule has 0 unspecified atom stereocenters. The van der Waals surface area contributed by atoms with Gasteiger partial charge < -0.3 is 0 Å². The third-order valence-electron chi connectivity index (χ3n) is 4.04. The number of hydrogen-bond acceptors (Lipinski definition) is 3. The van der Waals surface area contributed by atoms with E-state index in [0.29, 0.717) is 0 Å². The predicted molar refractivity (Wildman–Crippen MR) is 84.4 cm³/mol. The monoisotopic (exact) mass is 293 g/mol. The van der Waals surface area contributed by atoms with Crippen molar-refractivity contribution in [1.29, 1.82) is 0 Å². The Morgan fingerprint density at radius 2 is 1.95 bits per heavy atom. The standard InChI is InChI=1S/C16H23NO2S/c1-17(13-7-10-14-8-4-3-5-9-14)15-11-6-12-16(15)20(2,18)19/h3-5,7-10,15-16H,6,11-13H2,1-2H3/b10-7+/t15-,16-/m1/s1. The Bertz CT molecular complexity index is 551. The molecular formula is C16H23NO2S. The molecule has 0 saturated heterocycles. The number of sulfone groups is 1. The lowest BCUT2D eigenvalue weighted by Crippen LogP contribution is -2.41. The van der Waals surface area contributed by atoms with Crippen LogP contribution in [0.15, 0.2) is 36.4 Å². The second-order valence-corrected chi connectivity index (χ2v) is 7.88. The maximum atomic E-state index is 11.8. The molecular weight excluding hydrogens is 270 g/mol. The van der Waals surface area contributed by atoms with Crippen molar-refractivity contribution in [2.45, 2.75) is 30.6 Å². The van der Waals surface area contributed by atoms with E-state index in [1.54, 1.807) is 0 Å². The van der Waals surface area contributed by atoms with Crippen LogP contribution < -0.4 is 0 Å². The van der Waals surface area contributed by atoms with Crippen molar-refractivity contribution in [2.75, 3.05) is 19.8 Å². The summed E-state index contributed by atoms with van der Waals surface area (Å²) < 4.78 is 23.6. The Hall–Kier alpha value is -1.13. The van der Waals surface area contributed by atoms with Gasteiger partial charge in [0, 0.05) is 18.8 Å². The van der Waals surface area contributed by atoms with Crippen molar-refractivity contribution in [3.05, 3.63) is 42.0 Å². The minimum Gasteiger partial charge on any atom is -0.298 e. The number of hydrogen-bond donors (Lipinski definition) is 0. The molecule has 0 N–H and O–H groups in total. The largest absolute Gasteiger partial charge is 0.298 e. The van der Waals surface area contributed by atoms with E-state index in [9.17, 15) is 8.42 Å². The van der Waals surface area contributed by atoms with E-state index in [2.05, 4.69) is 29.2 Å². The van der Waals surface area contributed by atoms with Gasteiger partial charge in [-0.1, -0.05) is 48.9 Å². The predicted octanol–water partition coefficient (Wildman–Crippen LogP) is 2.60. The van der Waals surface area contributed by atoms with Gasteiger partial charge in [-0.3, -0.25) is 4.90 Å². The molecule has 1 aliphatic carbocycles. The summed E-state index contributed by atoms with van der Waals surface area (Å²) in [5, 5.41) is -0.197. The van der Waals surface area contributed by atoms with Crippen molar-refractivity contribution < 1.29 is 8.42 Å². The molecule has 4 heteroatoms. The van der Waals surface area contributed by atoms with E-state index < -0.39 is 9.84 Å². The topological polar surface area (TPSA) is 37.4 Å². The first-order chi connectivity index (χ1) is 9.48. The highest BCUT2D eigenvalue weighted by Crippen LogP contribution is 2.28. The first-order valence-electron chi connectivity index (χ1n) is 7.09. The van der Waals surface area contributed by atoms with Crippen LogP contribution in [0.2, 0.25) is 0 Å². The van der Waals surface area contributed by atoms with E-state index in [1.165, 1.54) is 11.8 Å². The Balaban J connectivity index is 1.95. The second kappa shape index (κ2) is 6.55.